The monoisotopic (exact) mass is 605 g/mol. The van der Waals surface area contributed by atoms with E-state index in [9.17, 15) is 14.4 Å². The molecule has 1 heterocycles. The number of hydrogen-bond acceptors (Lipinski definition) is 6. The first kappa shape index (κ1) is 26.3. The summed E-state index contributed by atoms with van der Waals surface area (Å²) in [7, 11) is 0. The molecule has 0 bridgehead atoms. The highest BCUT2D eigenvalue weighted by atomic mass is 79.9. The second kappa shape index (κ2) is 11.5. The normalized spacial score (nSPS) is 14.4. The Hall–Kier alpha value is -2.78. The zero-order valence-electron chi connectivity index (χ0n) is 18.8. The van der Waals surface area contributed by atoms with Crippen molar-refractivity contribution in [3.63, 3.8) is 0 Å². The third kappa shape index (κ3) is 5.78. The van der Waals surface area contributed by atoms with Gasteiger partial charge in [0.15, 0.2) is 11.5 Å². The number of hydrogen-bond donors (Lipinski definition) is 0. The highest BCUT2D eigenvalue weighted by Gasteiger charge is 2.36. The molecule has 36 heavy (non-hydrogen) atoms. The lowest BCUT2D eigenvalue weighted by atomic mass is 10.1. The summed E-state index contributed by atoms with van der Waals surface area (Å²) >= 11 is 16.7. The van der Waals surface area contributed by atoms with Crippen LogP contribution < -0.4 is 9.47 Å². The van der Waals surface area contributed by atoms with Crippen LogP contribution in [0.2, 0.25) is 10.0 Å². The molecule has 10 heteroatoms. The van der Waals surface area contributed by atoms with Crippen LogP contribution in [-0.2, 0) is 11.3 Å². The zero-order valence-corrected chi connectivity index (χ0v) is 22.7. The molecule has 0 spiro atoms. The van der Waals surface area contributed by atoms with Gasteiger partial charge in [-0.25, -0.2) is 4.79 Å². The summed E-state index contributed by atoms with van der Waals surface area (Å²) in [5.74, 6) is -0.479. The average Bonchev–Trinajstić information content (AvgIpc) is 3.11. The van der Waals surface area contributed by atoms with Gasteiger partial charge < -0.3 is 9.47 Å². The standard InChI is InChI=1S/C26H18BrCl2NO5S/c1-2-34-21-12-15(11-18(27)23(21)35-25(32)16-7-4-3-5-8-16)13-22-24(31)30(26(33)36-22)14-17-19(28)9-6-10-20(17)29/h3-13H,2,14H2,1H3/b22-13-. The molecule has 3 aromatic carbocycles. The van der Waals surface area contributed by atoms with Crippen molar-refractivity contribution in [3.05, 3.63) is 96.8 Å². The fourth-order valence-corrected chi connectivity index (χ4v) is 5.28. The molecule has 2 amide bonds. The van der Waals surface area contributed by atoms with Gasteiger partial charge in [0.05, 0.1) is 28.1 Å². The van der Waals surface area contributed by atoms with Crippen LogP contribution in [0, 0.1) is 0 Å². The zero-order chi connectivity index (χ0) is 25.8. The van der Waals surface area contributed by atoms with Crippen LogP contribution in [0.4, 0.5) is 4.79 Å². The summed E-state index contributed by atoms with van der Waals surface area (Å²) in [4.78, 5) is 39.5. The molecular formula is C26H18BrCl2NO5S. The molecule has 1 saturated heterocycles. The van der Waals surface area contributed by atoms with Crippen molar-refractivity contribution in [2.45, 2.75) is 13.5 Å². The quantitative estimate of drug-likeness (QED) is 0.157. The van der Waals surface area contributed by atoms with Gasteiger partial charge in [0.25, 0.3) is 11.1 Å². The topological polar surface area (TPSA) is 72.9 Å². The number of halogens is 3. The van der Waals surface area contributed by atoms with Crippen molar-refractivity contribution in [3.8, 4) is 11.5 Å². The number of carbonyl (C=O) groups excluding carboxylic acids is 3. The first-order valence-electron chi connectivity index (χ1n) is 10.7. The summed E-state index contributed by atoms with van der Waals surface area (Å²) < 4.78 is 11.7. The van der Waals surface area contributed by atoms with E-state index in [1.807, 2.05) is 0 Å². The van der Waals surface area contributed by atoms with Crippen molar-refractivity contribution >= 4 is 74.1 Å². The third-order valence-corrected chi connectivity index (χ3v) is 7.29. The number of ether oxygens (including phenoxy) is 2. The van der Waals surface area contributed by atoms with Crippen molar-refractivity contribution in [2.24, 2.45) is 0 Å². The molecule has 0 aliphatic carbocycles. The molecule has 0 radical (unpaired) electrons. The van der Waals surface area contributed by atoms with E-state index in [2.05, 4.69) is 15.9 Å². The number of rotatable bonds is 7. The molecular weight excluding hydrogens is 589 g/mol. The lowest BCUT2D eigenvalue weighted by Gasteiger charge is -2.15. The fraction of sp³-hybridized carbons (Fsp3) is 0.115. The number of imide groups is 1. The molecule has 184 valence electrons. The predicted octanol–water partition coefficient (Wildman–Crippen LogP) is 7.61. The molecule has 4 rings (SSSR count). The van der Waals surface area contributed by atoms with E-state index in [4.69, 9.17) is 32.7 Å². The van der Waals surface area contributed by atoms with Crippen LogP contribution in [0.25, 0.3) is 6.08 Å². The van der Waals surface area contributed by atoms with Gasteiger partial charge in [0.2, 0.25) is 0 Å². The number of thioether (sulfide) groups is 1. The Bertz CT molecular complexity index is 1360. The number of amides is 2. The third-order valence-electron chi connectivity index (χ3n) is 5.09. The fourth-order valence-electron chi connectivity index (χ4n) is 3.39. The lowest BCUT2D eigenvalue weighted by molar-refractivity contribution is -0.123. The highest BCUT2D eigenvalue weighted by molar-refractivity contribution is 9.10. The number of benzene rings is 3. The summed E-state index contributed by atoms with van der Waals surface area (Å²) in [6, 6.07) is 16.9. The van der Waals surface area contributed by atoms with Crippen LogP contribution in [0.5, 0.6) is 11.5 Å². The van der Waals surface area contributed by atoms with E-state index >= 15 is 0 Å². The summed E-state index contributed by atoms with van der Waals surface area (Å²) in [5.41, 5.74) is 1.46. The smallest absolute Gasteiger partial charge is 0.343 e. The summed E-state index contributed by atoms with van der Waals surface area (Å²) in [5, 5.41) is 0.313. The van der Waals surface area contributed by atoms with Crippen LogP contribution in [0.15, 0.2) is 70.0 Å². The van der Waals surface area contributed by atoms with E-state index in [0.717, 1.165) is 16.7 Å². The first-order valence-corrected chi connectivity index (χ1v) is 13.1. The second-order valence-corrected chi connectivity index (χ2v) is 10.1. The van der Waals surface area contributed by atoms with Crippen LogP contribution in [-0.4, -0.2) is 28.6 Å². The number of carbonyl (C=O) groups is 3. The Morgan fingerprint density at radius 3 is 2.42 bits per heavy atom. The van der Waals surface area contributed by atoms with Gasteiger partial charge in [-0.15, -0.1) is 0 Å². The molecule has 6 nitrogen and oxygen atoms in total. The molecule has 1 aliphatic rings. The molecule has 0 unspecified atom stereocenters. The maximum absolute atomic E-state index is 13.0. The van der Waals surface area contributed by atoms with Gasteiger partial charge in [0.1, 0.15) is 0 Å². The van der Waals surface area contributed by atoms with Crippen molar-refractivity contribution in [1.29, 1.82) is 0 Å². The van der Waals surface area contributed by atoms with E-state index in [-0.39, 0.29) is 17.2 Å². The molecule has 0 saturated carbocycles. The first-order chi connectivity index (χ1) is 17.3. The van der Waals surface area contributed by atoms with E-state index in [1.54, 1.807) is 73.7 Å². The van der Waals surface area contributed by atoms with E-state index in [1.165, 1.54) is 0 Å². The lowest BCUT2D eigenvalue weighted by Crippen LogP contribution is -2.27. The summed E-state index contributed by atoms with van der Waals surface area (Å²) in [6.07, 6.45) is 1.58. The molecule has 0 atom stereocenters. The second-order valence-electron chi connectivity index (χ2n) is 7.49. The van der Waals surface area contributed by atoms with Gasteiger partial charge >= 0.3 is 5.97 Å². The highest BCUT2D eigenvalue weighted by Crippen LogP contribution is 2.40. The maximum atomic E-state index is 13.0. The predicted molar refractivity (Wildman–Crippen MR) is 145 cm³/mol. The van der Waals surface area contributed by atoms with E-state index < -0.39 is 17.1 Å². The minimum Gasteiger partial charge on any atom is -0.490 e. The Morgan fingerprint density at radius 2 is 1.75 bits per heavy atom. The van der Waals surface area contributed by atoms with Gasteiger partial charge in [-0.2, -0.15) is 0 Å². The SMILES string of the molecule is CCOc1cc(/C=C2\SC(=O)N(Cc3c(Cl)cccc3Cl)C2=O)cc(Br)c1OC(=O)c1ccccc1. The minimum absolute atomic E-state index is 0.0389. The van der Waals surface area contributed by atoms with Gasteiger partial charge in [-0.3, -0.25) is 14.5 Å². The van der Waals surface area contributed by atoms with Gasteiger partial charge in [0, 0.05) is 15.6 Å². The number of esters is 1. The van der Waals surface area contributed by atoms with Crippen LogP contribution in [0.1, 0.15) is 28.4 Å². The molecule has 1 fully saturated rings. The minimum atomic E-state index is -0.538. The average molecular weight is 607 g/mol. The molecule has 0 aromatic heterocycles. The molecule has 1 aliphatic heterocycles. The van der Waals surface area contributed by atoms with Crippen molar-refractivity contribution < 1.29 is 23.9 Å². The largest absolute Gasteiger partial charge is 0.490 e. The van der Waals surface area contributed by atoms with Gasteiger partial charge in [-0.05, 0) is 82.7 Å². The Morgan fingerprint density at radius 1 is 1.06 bits per heavy atom. The molecule has 0 N–H and O–H groups in total. The van der Waals surface area contributed by atoms with Crippen LogP contribution in [0.3, 0.4) is 0 Å². The van der Waals surface area contributed by atoms with Gasteiger partial charge in [-0.1, -0.05) is 47.5 Å². The molecule has 3 aromatic rings. The van der Waals surface area contributed by atoms with E-state index in [0.29, 0.717) is 43.6 Å². The van der Waals surface area contributed by atoms with Crippen LogP contribution >= 0.6 is 50.9 Å². The summed E-state index contributed by atoms with van der Waals surface area (Å²) in [6.45, 7) is 2.08. The maximum Gasteiger partial charge on any atom is 0.343 e. The Labute approximate surface area is 230 Å². The van der Waals surface area contributed by atoms with Crippen molar-refractivity contribution in [1.82, 2.24) is 4.90 Å². The Balaban J connectivity index is 1.60. The number of nitrogens with zero attached hydrogens (tertiary/aromatic N) is 1. The van der Waals surface area contributed by atoms with Crippen molar-refractivity contribution in [2.75, 3.05) is 6.61 Å². The Kier molecular flexibility index (Phi) is 8.41.